The topological polar surface area (TPSA) is 38.8 Å². The Morgan fingerprint density at radius 2 is 1.89 bits per heavy atom. The highest BCUT2D eigenvalue weighted by molar-refractivity contribution is 5.94. The number of hydrogen-bond donors (Lipinski definition) is 1. The standard InChI is InChI=1S/C22H36N4O/c1-5-25(6-2)15-19-16-26-12-11-18(19)13-21(26)14-23-22(27)17-7-9-20(10-8-17)24(3)4/h7-10,18-19,21H,5-6,11-16H2,1-4H3,(H,23,27)/t18-,19-,21+/m0/s1. The van der Waals surface area contributed by atoms with Crippen molar-refractivity contribution >= 4 is 11.6 Å². The zero-order valence-corrected chi connectivity index (χ0v) is 17.4. The van der Waals surface area contributed by atoms with Crippen molar-refractivity contribution in [2.75, 3.05) is 58.3 Å². The lowest BCUT2D eigenvalue weighted by molar-refractivity contribution is -0.0104. The van der Waals surface area contributed by atoms with Crippen LogP contribution in [0.25, 0.3) is 0 Å². The third kappa shape index (κ3) is 4.82. The van der Waals surface area contributed by atoms with E-state index in [1.165, 1.54) is 32.5 Å². The first kappa shape index (κ1) is 20.2. The minimum absolute atomic E-state index is 0.0441. The summed E-state index contributed by atoms with van der Waals surface area (Å²) in [4.78, 5) is 19.7. The molecule has 0 aliphatic carbocycles. The van der Waals surface area contributed by atoms with Crippen LogP contribution < -0.4 is 10.2 Å². The largest absolute Gasteiger partial charge is 0.378 e. The molecule has 0 saturated carbocycles. The first-order valence-electron chi connectivity index (χ1n) is 10.5. The third-order valence-corrected chi connectivity index (χ3v) is 6.55. The number of nitrogens with one attached hydrogen (secondary N) is 1. The molecular weight excluding hydrogens is 336 g/mol. The molecule has 0 aromatic heterocycles. The van der Waals surface area contributed by atoms with Crippen molar-refractivity contribution in [3.05, 3.63) is 29.8 Å². The maximum Gasteiger partial charge on any atom is 0.251 e. The van der Waals surface area contributed by atoms with E-state index >= 15 is 0 Å². The minimum Gasteiger partial charge on any atom is -0.378 e. The maximum atomic E-state index is 12.5. The van der Waals surface area contributed by atoms with Crippen LogP contribution in [0.4, 0.5) is 5.69 Å². The lowest BCUT2D eigenvalue weighted by Gasteiger charge is -2.51. The van der Waals surface area contributed by atoms with Crippen molar-refractivity contribution in [2.45, 2.75) is 32.7 Å². The van der Waals surface area contributed by atoms with Crippen molar-refractivity contribution in [3.8, 4) is 0 Å². The van der Waals surface area contributed by atoms with Crippen molar-refractivity contribution in [3.63, 3.8) is 0 Å². The van der Waals surface area contributed by atoms with E-state index in [1.54, 1.807) is 0 Å². The molecule has 5 nitrogen and oxygen atoms in total. The van der Waals surface area contributed by atoms with Crippen LogP contribution in [0.2, 0.25) is 0 Å². The van der Waals surface area contributed by atoms with Gasteiger partial charge in [-0.3, -0.25) is 9.69 Å². The molecule has 5 heteroatoms. The molecule has 4 atom stereocenters. The van der Waals surface area contributed by atoms with E-state index in [1.807, 2.05) is 43.3 Å². The van der Waals surface area contributed by atoms with Crippen LogP contribution in [0.3, 0.4) is 0 Å². The molecule has 1 aromatic carbocycles. The van der Waals surface area contributed by atoms with Crippen LogP contribution in [0.5, 0.6) is 0 Å². The number of anilines is 1. The average Bonchev–Trinajstić information content (AvgIpc) is 2.70. The van der Waals surface area contributed by atoms with Gasteiger partial charge in [0.15, 0.2) is 0 Å². The van der Waals surface area contributed by atoms with Crippen molar-refractivity contribution in [1.29, 1.82) is 0 Å². The van der Waals surface area contributed by atoms with Crippen LogP contribution >= 0.6 is 0 Å². The molecule has 2 bridgehead atoms. The lowest BCUT2D eigenvalue weighted by Crippen LogP contribution is -2.58. The fourth-order valence-corrected chi connectivity index (χ4v) is 4.71. The van der Waals surface area contributed by atoms with Gasteiger partial charge in [0.25, 0.3) is 5.91 Å². The van der Waals surface area contributed by atoms with Gasteiger partial charge in [-0.2, -0.15) is 0 Å². The van der Waals surface area contributed by atoms with Gasteiger partial charge in [-0.25, -0.2) is 0 Å². The summed E-state index contributed by atoms with van der Waals surface area (Å²) in [5.74, 6) is 1.66. The average molecular weight is 373 g/mol. The predicted octanol–water partition coefficient (Wildman–Crippen LogP) is 2.53. The highest BCUT2D eigenvalue weighted by Gasteiger charge is 2.40. The molecule has 1 amide bonds. The number of amides is 1. The van der Waals surface area contributed by atoms with Gasteiger partial charge in [0.2, 0.25) is 0 Å². The molecule has 3 saturated heterocycles. The van der Waals surface area contributed by atoms with E-state index in [4.69, 9.17) is 0 Å². The smallest absolute Gasteiger partial charge is 0.251 e. The molecule has 1 unspecified atom stereocenters. The Kier molecular flexibility index (Phi) is 6.77. The first-order chi connectivity index (χ1) is 13.0. The third-order valence-electron chi connectivity index (χ3n) is 6.55. The van der Waals surface area contributed by atoms with Gasteiger partial charge in [-0.15, -0.1) is 0 Å². The van der Waals surface area contributed by atoms with Gasteiger partial charge in [-0.05, 0) is 68.6 Å². The lowest BCUT2D eigenvalue weighted by atomic mass is 9.75. The summed E-state index contributed by atoms with van der Waals surface area (Å²) in [7, 11) is 4.02. The van der Waals surface area contributed by atoms with E-state index in [9.17, 15) is 4.79 Å². The number of piperidine rings is 3. The van der Waals surface area contributed by atoms with Crippen molar-refractivity contribution in [1.82, 2.24) is 15.1 Å². The van der Waals surface area contributed by atoms with Gasteiger partial charge in [0.1, 0.15) is 0 Å². The van der Waals surface area contributed by atoms with E-state index in [0.29, 0.717) is 6.04 Å². The normalized spacial score (nSPS) is 27.0. The summed E-state index contributed by atoms with van der Waals surface area (Å²) < 4.78 is 0. The molecular formula is C22H36N4O. The van der Waals surface area contributed by atoms with Crippen LogP contribution in [-0.4, -0.2) is 75.1 Å². The van der Waals surface area contributed by atoms with Gasteiger partial charge in [0.05, 0.1) is 0 Å². The molecule has 1 N–H and O–H groups in total. The Morgan fingerprint density at radius 3 is 2.44 bits per heavy atom. The molecule has 3 aliphatic rings. The van der Waals surface area contributed by atoms with Gasteiger partial charge in [0, 0.05) is 51.0 Å². The van der Waals surface area contributed by atoms with Crippen molar-refractivity contribution < 1.29 is 4.79 Å². The Hall–Kier alpha value is -1.59. The highest BCUT2D eigenvalue weighted by atomic mass is 16.1. The van der Waals surface area contributed by atoms with E-state index in [0.717, 1.165) is 42.7 Å². The summed E-state index contributed by atoms with van der Waals surface area (Å²) in [5.41, 5.74) is 1.86. The van der Waals surface area contributed by atoms with E-state index in [-0.39, 0.29) is 5.91 Å². The fourth-order valence-electron chi connectivity index (χ4n) is 4.71. The molecule has 3 aliphatic heterocycles. The number of nitrogens with zero attached hydrogens (tertiary/aromatic N) is 3. The zero-order chi connectivity index (χ0) is 19.4. The summed E-state index contributed by atoms with van der Waals surface area (Å²) >= 11 is 0. The van der Waals surface area contributed by atoms with Crippen LogP contribution in [0.15, 0.2) is 24.3 Å². The molecule has 3 heterocycles. The van der Waals surface area contributed by atoms with Crippen LogP contribution in [0.1, 0.15) is 37.0 Å². The molecule has 150 valence electrons. The zero-order valence-electron chi connectivity index (χ0n) is 17.4. The Labute approximate surface area is 164 Å². The minimum atomic E-state index is 0.0441. The Balaban J connectivity index is 1.50. The van der Waals surface area contributed by atoms with Gasteiger partial charge in [-0.1, -0.05) is 13.8 Å². The van der Waals surface area contributed by atoms with Gasteiger partial charge < -0.3 is 15.1 Å². The number of hydrogen-bond acceptors (Lipinski definition) is 4. The van der Waals surface area contributed by atoms with Crippen LogP contribution in [-0.2, 0) is 0 Å². The predicted molar refractivity (Wildman–Crippen MR) is 112 cm³/mol. The van der Waals surface area contributed by atoms with Gasteiger partial charge >= 0.3 is 0 Å². The number of carbonyl (C=O) groups excluding carboxylic acids is 1. The van der Waals surface area contributed by atoms with Crippen LogP contribution in [0, 0.1) is 11.8 Å². The quantitative estimate of drug-likeness (QED) is 0.761. The summed E-state index contributed by atoms with van der Waals surface area (Å²) in [6, 6.07) is 8.33. The number of rotatable bonds is 8. The molecule has 27 heavy (non-hydrogen) atoms. The number of carbonyl (C=O) groups is 1. The summed E-state index contributed by atoms with van der Waals surface area (Å²) in [5, 5.41) is 3.18. The van der Waals surface area contributed by atoms with E-state index < -0.39 is 0 Å². The second-order valence-corrected chi connectivity index (χ2v) is 8.33. The number of fused-ring (bicyclic) bond motifs is 3. The highest BCUT2D eigenvalue weighted by Crippen LogP contribution is 2.36. The first-order valence-corrected chi connectivity index (χ1v) is 10.5. The molecule has 0 spiro atoms. The number of benzene rings is 1. The monoisotopic (exact) mass is 372 g/mol. The molecule has 1 aromatic rings. The Morgan fingerprint density at radius 1 is 1.19 bits per heavy atom. The SMILES string of the molecule is CCN(CC)C[C@H]1CN2CC[C@H]1C[C@@H]2CNC(=O)c1ccc(N(C)C)cc1. The molecule has 0 radical (unpaired) electrons. The van der Waals surface area contributed by atoms with Crippen molar-refractivity contribution in [2.24, 2.45) is 11.8 Å². The van der Waals surface area contributed by atoms with E-state index in [2.05, 4.69) is 29.0 Å². The Bertz CT molecular complexity index is 611. The molecule has 4 rings (SSSR count). The second-order valence-electron chi connectivity index (χ2n) is 8.33. The fraction of sp³-hybridized carbons (Fsp3) is 0.682. The molecule has 3 fully saturated rings. The summed E-state index contributed by atoms with van der Waals surface area (Å²) in [6.45, 7) is 11.2. The second kappa shape index (κ2) is 9.07. The summed E-state index contributed by atoms with van der Waals surface area (Å²) in [6.07, 6.45) is 2.55. The maximum absolute atomic E-state index is 12.5.